The summed E-state index contributed by atoms with van der Waals surface area (Å²) in [4.78, 5) is 12.5. The van der Waals surface area contributed by atoms with Crippen LogP contribution in [0.25, 0.3) is 0 Å². The quantitative estimate of drug-likeness (QED) is 0.789. The van der Waals surface area contributed by atoms with E-state index in [-0.39, 0.29) is 5.78 Å². The van der Waals surface area contributed by atoms with E-state index in [1.807, 2.05) is 6.92 Å². The second kappa shape index (κ2) is 5.14. The van der Waals surface area contributed by atoms with E-state index in [0.717, 1.165) is 5.69 Å². The standard InChI is InChI=1S/C14H16N2O3/c1-9-12(8-15-16(9)2)14(17)11-6-5-10(18-3)7-13(11)19-4/h5-8H,1-4H3. The summed E-state index contributed by atoms with van der Waals surface area (Å²) in [7, 11) is 4.90. The van der Waals surface area contributed by atoms with E-state index in [4.69, 9.17) is 9.47 Å². The lowest BCUT2D eigenvalue weighted by molar-refractivity contribution is 0.103. The first kappa shape index (κ1) is 13.1. The van der Waals surface area contributed by atoms with E-state index >= 15 is 0 Å². The number of hydrogen-bond acceptors (Lipinski definition) is 4. The van der Waals surface area contributed by atoms with Crippen LogP contribution in [-0.4, -0.2) is 29.8 Å². The second-order valence-corrected chi connectivity index (χ2v) is 4.16. The zero-order valence-corrected chi connectivity index (χ0v) is 11.4. The fourth-order valence-electron chi connectivity index (χ4n) is 1.85. The minimum Gasteiger partial charge on any atom is -0.497 e. The van der Waals surface area contributed by atoms with E-state index in [1.165, 1.54) is 7.11 Å². The third-order valence-electron chi connectivity index (χ3n) is 3.13. The summed E-state index contributed by atoms with van der Waals surface area (Å²) < 4.78 is 12.0. The van der Waals surface area contributed by atoms with Crippen LogP contribution in [0.2, 0.25) is 0 Å². The summed E-state index contributed by atoms with van der Waals surface area (Å²) in [6, 6.07) is 5.13. The van der Waals surface area contributed by atoms with Gasteiger partial charge >= 0.3 is 0 Å². The molecule has 1 heterocycles. The van der Waals surface area contributed by atoms with Gasteiger partial charge in [-0.3, -0.25) is 9.48 Å². The number of hydrogen-bond donors (Lipinski definition) is 0. The number of carbonyl (C=O) groups excluding carboxylic acids is 1. The molecule has 0 unspecified atom stereocenters. The first-order chi connectivity index (χ1) is 9.08. The molecular weight excluding hydrogens is 244 g/mol. The molecule has 0 aliphatic carbocycles. The SMILES string of the molecule is COc1ccc(C(=O)c2cnn(C)c2C)c(OC)c1. The predicted molar refractivity (Wildman–Crippen MR) is 70.9 cm³/mol. The number of benzene rings is 1. The molecule has 0 spiro atoms. The van der Waals surface area contributed by atoms with E-state index < -0.39 is 0 Å². The largest absolute Gasteiger partial charge is 0.497 e. The van der Waals surface area contributed by atoms with Crippen molar-refractivity contribution in [1.29, 1.82) is 0 Å². The molecule has 1 aromatic carbocycles. The fraction of sp³-hybridized carbons (Fsp3) is 0.286. The van der Waals surface area contributed by atoms with Crippen LogP contribution in [0.1, 0.15) is 21.6 Å². The van der Waals surface area contributed by atoms with Crippen LogP contribution >= 0.6 is 0 Å². The number of ketones is 1. The molecule has 100 valence electrons. The molecule has 0 radical (unpaired) electrons. The van der Waals surface area contributed by atoms with E-state index in [9.17, 15) is 4.79 Å². The van der Waals surface area contributed by atoms with Gasteiger partial charge < -0.3 is 9.47 Å². The maximum atomic E-state index is 12.5. The Kier molecular flexibility index (Phi) is 3.55. The number of methoxy groups -OCH3 is 2. The first-order valence-corrected chi connectivity index (χ1v) is 5.83. The molecule has 0 atom stereocenters. The van der Waals surface area contributed by atoms with Crippen LogP contribution in [-0.2, 0) is 7.05 Å². The average molecular weight is 260 g/mol. The van der Waals surface area contributed by atoms with Crippen molar-refractivity contribution < 1.29 is 14.3 Å². The number of aryl methyl sites for hydroxylation is 1. The van der Waals surface area contributed by atoms with Gasteiger partial charge in [0.2, 0.25) is 0 Å². The lowest BCUT2D eigenvalue weighted by Gasteiger charge is -2.09. The summed E-state index contributed by atoms with van der Waals surface area (Å²) in [5, 5.41) is 4.08. The van der Waals surface area contributed by atoms with Gasteiger partial charge in [-0.25, -0.2) is 0 Å². The molecule has 2 aromatic rings. The van der Waals surface area contributed by atoms with Crippen molar-refractivity contribution in [3.63, 3.8) is 0 Å². The first-order valence-electron chi connectivity index (χ1n) is 5.83. The van der Waals surface area contributed by atoms with Crippen molar-refractivity contribution in [2.75, 3.05) is 14.2 Å². The Labute approximate surface area is 111 Å². The molecule has 0 saturated carbocycles. The molecule has 0 aliphatic heterocycles. The average Bonchev–Trinajstić information content (AvgIpc) is 2.77. The van der Waals surface area contributed by atoms with Gasteiger partial charge in [-0.05, 0) is 19.1 Å². The van der Waals surface area contributed by atoms with Gasteiger partial charge in [-0.15, -0.1) is 0 Å². The van der Waals surface area contributed by atoms with E-state index in [1.54, 1.807) is 43.2 Å². The Bertz CT molecular complexity index is 617. The highest BCUT2D eigenvalue weighted by Gasteiger charge is 2.19. The molecule has 5 nitrogen and oxygen atoms in total. The third-order valence-corrected chi connectivity index (χ3v) is 3.13. The number of aromatic nitrogens is 2. The van der Waals surface area contributed by atoms with Crippen LogP contribution in [0, 0.1) is 6.92 Å². The fourth-order valence-corrected chi connectivity index (χ4v) is 1.85. The Morgan fingerprint density at radius 2 is 1.95 bits per heavy atom. The summed E-state index contributed by atoms with van der Waals surface area (Å²) in [5.41, 5.74) is 1.90. The third kappa shape index (κ3) is 2.31. The normalized spacial score (nSPS) is 10.3. The minimum atomic E-state index is -0.106. The molecule has 2 rings (SSSR count). The smallest absolute Gasteiger partial charge is 0.200 e. The molecule has 0 fully saturated rings. The van der Waals surface area contributed by atoms with E-state index in [0.29, 0.717) is 22.6 Å². The van der Waals surface area contributed by atoms with Gasteiger partial charge in [0.25, 0.3) is 0 Å². The highest BCUT2D eigenvalue weighted by atomic mass is 16.5. The number of nitrogens with zero attached hydrogens (tertiary/aromatic N) is 2. The second-order valence-electron chi connectivity index (χ2n) is 4.16. The zero-order chi connectivity index (χ0) is 14.0. The minimum absolute atomic E-state index is 0.106. The Morgan fingerprint density at radius 1 is 1.21 bits per heavy atom. The van der Waals surface area contributed by atoms with Crippen LogP contribution in [0.4, 0.5) is 0 Å². The number of carbonyl (C=O) groups is 1. The Balaban J connectivity index is 2.47. The van der Waals surface area contributed by atoms with Gasteiger partial charge in [0.15, 0.2) is 5.78 Å². The molecule has 0 aliphatic rings. The van der Waals surface area contributed by atoms with Gasteiger partial charge in [0.05, 0.1) is 31.5 Å². The summed E-state index contributed by atoms with van der Waals surface area (Å²) in [6.07, 6.45) is 1.57. The maximum Gasteiger partial charge on any atom is 0.200 e. The topological polar surface area (TPSA) is 53.3 Å². The highest BCUT2D eigenvalue weighted by molar-refractivity contribution is 6.11. The predicted octanol–water partition coefficient (Wildman–Crippen LogP) is 1.98. The zero-order valence-electron chi connectivity index (χ0n) is 11.4. The molecule has 5 heteroatoms. The molecular formula is C14H16N2O3. The molecule has 1 aromatic heterocycles. The molecule has 0 amide bonds. The van der Waals surface area contributed by atoms with Crippen LogP contribution in [0.15, 0.2) is 24.4 Å². The molecule has 19 heavy (non-hydrogen) atoms. The molecule has 0 N–H and O–H groups in total. The highest BCUT2D eigenvalue weighted by Crippen LogP contribution is 2.27. The van der Waals surface area contributed by atoms with Crippen molar-refractivity contribution in [2.24, 2.45) is 7.05 Å². The molecule has 0 saturated heterocycles. The van der Waals surface area contributed by atoms with Gasteiger partial charge in [0.1, 0.15) is 11.5 Å². The molecule has 0 bridgehead atoms. The van der Waals surface area contributed by atoms with Crippen LogP contribution in [0.3, 0.4) is 0 Å². The maximum absolute atomic E-state index is 12.5. The van der Waals surface area contributed by atoms with Gasteiger partial charge in [0, 0.05) is 18.8 Å². The monoisotopic (exact) mass is 260 g/mol. The lowest BCUT2D eigenvalue weighted by atomic mass is 10.0. The Morgan fingerprint density at radius 3 is 2.47 bits per heavy atom. The van der Waals surface area contributed by atoms with Crippen molar-refractivity contribution >= 4 is 5.78 Å². The van der Waals surface area contributed by atoms with Crippen LogP contribution in [0.5, 0.6) is 11.5 Å². The lowest BCUT2D eigenvalue weighted by Crippen LogP contribution is -2.06. The summed E-state index contributed by atoms with van der Waals surface area (Å²) in [5.74, 6) is 1.04. The van der Waals surface area contributed by atoms with Crippen LogP contribution < -0.4 is 9.47 Å². The number of rotatable bonds is 4. The van der Waals surface area contributed by atoms with Crippen molar-refractivity contribution in [1.82, 2.24) is 9.78 Å². The van der Waals surface area contributed by atoms with Crippen molar-refractivity contribution in [3.8, 4) is 11.5 Å². The van der Waals surface area contributed by atoms with Crippen molar-refractivity contribution in [3.05, 3.63) is 41.2 Å². The van der Waals surface area contributed by atoms with E-state index in [2.05, 4.69) is 5.10 Å². The van der Waals surface area contributed by atoms with Crippen molar-refractivity contribution in [2.45, 2.75) is 6.92 Å². The summed E-state index contributed by atoms with van der Waals surface area (Å²) >= 11 is 0. The Hall–Kier alpha value is -2.30. The number of ether oxygens (including phenoxy) is 2. The summed E-state index contributed by atoms with van der Waals surface area (Å²) in [6.45, 7) is 1.86. The van der Waals surface area contributed by atoms with Gasteiger partial charge in [-0.2, -0.15) is 5.10 Å². The van der Waals surface area contributed by atoms with Gasteiger partial charge in [-0.1, -0.05) is 0 Å².